The fourth-order valence-electron chi connectivity index (χ4n) is 2.10. The van der Waals surface area contributed by atoms with Gasteiger partial charge in [0.2, 0.25) is 5.91 Å². The standard InChI is InChI=1S/C16H26INO3Si/c1-16(2,3)15(19)18-12-10(17)9-11(20-4)14(13(12)21-5)22(6,7)8/h9H,1-8H3,(H,18,19). The third-order valence-corrected chi connectivity index (χ3v) is 6.12. The molecule has 0 heterocycles. The first kappa shape index (κ1) is 19.3. The second-order valence-electron chi connectivity index (χ2n) is 7.30. The van der Waals surface area contributed by atoms with Crippen molar-refractivity contribution in [2.24, 2.45) is 5.41 Å². The van der Waals surface area contributed by atoms with Gasteiger partial charge in [-0.1, -0.05) is 40.4 Å². The summed E-state index contributed by atoms with van der Waals surface area (Å²) in [7, 11) is 1.59. The predicted octanol–water partition coefficient (Wildman–Crippen LogP) is 3.84. The van der Waals surface area contributed by atoms with E-state index >= 15 is 0 Å². The predicted molar refractivity (Wildman–Crippen MR) is 103 cm³/mol. The highest BCUT2D eigenvalue weighted by Crippen LogP contribution is 2.36. The molecule has 1 aromatic rings. The minimum Gasteiger partial charge on any atom is -0.497 e. The second-order valence-corrected chi connectivity index (χ2v) is 13.5. The maximum absolute atomic E-state index is 12.4. The molecule has 0 radical (unpaired) electrons. The summed E-state index contributed by atoms with van der Waals surface area (Å²) in [6.07, 6.45) is 0. The van der Waals surface area contributed by atoms with Gasteiger partial charge in [-0.2, -0.15) is 0 Å². The van der Waals surface area contributed by atoms with E-state index in [2.05, 4.69) is 47.5 Å². The average molecular weight is 435 g/mol. The molecule has 1 aromatic carbocycles. The van der Waals surface area contributed by atoms with Gasteiger partial charge in [-0.25, -0.2) is 0 Å². The Hall–Kier alpha value is -0.763. The lowest BCUT2D eigenvalue weighted by atomic mass is 9.95. The van der Waals surface area contributed by atoms with Crippen molar-refractivity contribution in [1.82, 2.24) is 0 Å². The Morgan fingerprint density at radius 2 is 1.73 bits per heavy atom. The molecule has 0 aromatic heterocycles. The van der Waals surface area contributed by atoms with E-state index in [0.29, 0.717) is 0 Å². The first-order chi connectivity index (χ1) is 9.93. The summed E-state index contributed by atoms with van der Waals surface area (Å²) >= 11 is 2.21. The zero-order valence-electron chi connectivity index (χ0n) is 14.7. The van der Waals surface area contributed by atoms with Crippen LogP contribution in [0.15, 0.2) is 6.07 Å². The maximum Gasteiger partial charge on any atom is 0.229 e. The number of methoxy groups -OCH3 is 2. The van der Waals surface area contributed by atoms with Crippen LogP contribution in [0.1, 0.15) is 20.8 Å². The third kappa shape index (κ3) is 4.16. The van der Waals surface area contributed by atoms with Gasteiger partial charge in [0.05, 0.1) is 28.0 Å². The van der Waals surface area contributed by atoms with Gasteiger partial charge in [-0.3, -0.25) is 4.79 Å². The molecule has 1 amide bonds. The molecule has 6 heteroatoms. The molecule has 0 aliphatic carbocycles. The van der Waals surface area contributed by atoms with E-state index in [1.807, 2.05) is 26.8 Å². The Labute approximate surface area is 148 Å². The van der Waals surface area contributed by atoms with Crippen LogP contribution >= 0.6 is 22.6 Å². The van der Waals surface area contributed by atoms with Gasteiger partial charge in [0.15, 0.2) is 0 Å². The summed E-state index contributed by atoms with van der Waals surface area (Å²) in [4.78, 5) is 12.4. The molecule has 1 rings (SSSR count). The van der Waals surface area contributed by atoms with Crippen LogP contribution in [0.5, 0.6) is 11.5 Å². The fraction of sp³-hybridized carbons (Fsp3) is 0.562. The van der Waals surface area contributed by atoms with Gasteiger partial charge < -0.3 is 14.8 Å². The Bertz CT molecular complexity index is 574. The summed E-state index contributed by atoms with van der Waals surface area (Å²) in [5.41, 5.74) is 0.272. The van der Waals surface area contributed by atoms with Crippen molar-refractivity contribution in [2.45, 2.75) is 40.4 Å². The van der Waals surface area contributed by atoms with Gasteiger partial charge in [-0.15, -0.1) is 0 Å². The van der Waals surface area contributed by atoms with Gasteiger partial charge in [-0.05, 0) is 28.7 Å². The van der Waals surface area contributed by atoms with E-state index in [1.165, 1.54) is 0 Å². The van der Waals surface area contributed by atoms with E-state index in [0.717, 1.165) is 25.9 Å². The van der Waals surface area contributed by atoms with E-state index in [1.54, 1.807) is 14.2 Å². The number of amides is 1. The zero-order chi connectivity index (χ0) is 17.3. The van der Waals surface area contributed by atoms with E-state index in [4.69, 9.17) is 9.47 Å². The number of halogens is 1. The number of benzene rings is 1. The Morgan fingerprint density at radius 3 is 2.09 bits per heavy atom. The highest BCUT2D eigenvalue weighted by atomic mass is 127. The lowest BCUT2D eigenvalue weighted by Gasteiger charge is -2.27. The number of nitrogens with one attached hydrogen (secondary N) is 1. The van der Waals surface area contributed by atoms with E-state index in [9.17, 15) is 4.79 Å². The van der Waals surface area contributed by atoms with Gasteiger partial charge in [0, 0.05) is 14.2 Å². The molecule has 0 saturated carbocycles. The summed E-state index contributed by atoms with van der Waals surface area (Å²) in [5.74, 6) is 1.52. The largest absolute Gasteiger partial charge is 0.497 e. The molecule has 0 unspecified atom stereocenters. The summed E-state index contributed by atoms with van der Waals surface area (Å²) in [6, 6.07) is 1.97. The third-order valence-electron chi connectivity index (χ3n) is 3.29. The molecule has 124 valence electrons. The number of rotatable bonds is 4. The Morgan fingerprint density at radius 1 is 1.18 bits per heavy atom. The Kier molecular flexibility index (Phi) is 5.94. The van der Waals surface area contributed by atoms with Gasteiger partial charge in [0.1, 0.15) is 11.5 Å². The van der Waals surface area contributed by atoms with Crippen molar-refractivity contribution < 1.29 is 14.3 Å². The van der Waals surface area contributed by atoms with Crippen LogP contribution in [0.4, 0.5) is 5.69 Å². The highest BCUT2D eigenvalue weighted by molar-refractivity contribution is 14.1. The van der Waals surface area contributed by atoms with Crippen LogP contribution in [0, 0.1) is 8.99 Å². The first-order valence-corrected chi connectivity index (χ1v) is 11.8. The molecular weight excluding hydrogens is 409 g/mol. The van der Waals surface area contributed by atoms with Crippen molar-refractivity contribution >= 4 is 47.4 Å². The first-order valence-electron chi connectivity index (χ1n) is 7.20. The van der Waals surface area contributed by atoms with E-state index in [-0.39, 0.29) is 5.91 Å². The number of hydrogen-bond donors (Lipinski definition) is 1. The second kappa shape index (κ2) is 6.78. The van der Waals surface area contributed by atoms with Crippen LogP contribution in [0.3, 0.4) is 0 Å². The quantitative estimate of drug-likeness (QED) is 0.578. The molecule has 0 atom stereocenters. The molecular formula is C16H26INO3Si. The zero-order valence-corrected chi connectivity index (χ0v) is 17.8. The molecule has 22 heavy (non-hydrogen) atoms. The maximum atomic E-state index is 12.4. The molecule has 0 aliphatic rings. The van der Waals surface area contributed by atoms with Crippen molar-refractivity contribution in [3.05, 3.63) is 9.64 Å². The van der Waals surface area contributed by atoms with Crippen molar-refractivity contribution in [2.75, 3.05) is 19.5 Å². The number of carbonyl (C=O) groups is 1. The summed E-state index contributed by atoms with van der Waals surface area (Å²) in [5, 5.41) is 4.11. The number of hydrogen-bond acceptors (Lipinski definition) is 3. The number of anilines is 1. The molecule has 0 spiro atoms. The number of ether oxygens (including phenoxy) is 2. The molecule has 0 aliphatic heterocycles. The lowest BCUT2D eigenvalue weighted by Crippen LogP contribution is -2.40. The monoisotopic (exact) mass is 435 g/mol. The molecule has 0 fully saturated rings. The average Bonchev–Trinajstić information content (AvgIpc) is 2.37. The fourth-order valence-corrected chi connectivity index (χ4v) is 4.58. The normalized spacial score (nSPS) is 12.0. The van der Waals surface area contributed by atoms with Gasteiger partial charge in [0.25, 0.3) is 0 Å². The van der Waals surface area contributed by atoms with E-state index < -0.39 is 13.5 Å². The minimum absolute atomic E-state index is 0.0320. The lowest BCUT2D eigenvalue weighted by molar-refractivity contribution is -0.123. The Balaban J connectivity index is 3.56. The summed E-state index contributed by atoms with van der Waals surface area (Å²) < 4.78 is 12.1. The molecule has 0 bridgehead atoms. The van der Waals surface area contributed by atoms with Crippen molar-refractivity contribution in [1.29, 1.82) is 0 Å². The van der Waals surface area contributed by atoms with Crippen LogP contribution in [-0.4, -0.2) is 28.2 Å². The molecule has 0 saturated heterocycles. The van der Waals surface area contributed by atoms with Crippen molar-refractivity contribution in [3.8, 4) is 11.5 Å². The smallest absolute Gasteiger partial charge is 0.229 e. The van der Waals surface area contributed by atoms with Crippen LogP contribution in [-0.2, 0) is 4.79 Å². The van der Waals surface area contributed by atoms with Gasteiger partial charge >= 0.3 is 0 Å². The summed E-state index contributed by atoms with van der Waals surface area (Å²) in [6.45, 7) is 12.4. The number of carbonyl (C=O) groups excluding carboxylic acids is 1. The van der Waals surface area contributed by atoms with Crippen LogP contribution in [0.25, 0.3) is 0 Å². The van der Waals surface area contributed by atoms with Crippen molar-refractivity contribution in [3.63, 3.8) is 0 Å². The minimum atomic E-state index is -1.72. The van der Waals surface area contributed by atoms with Crippen LogP contribution in [0.2, 0.25) is 19.6 Å². The SMILES string of the molecule is COc1cc(I)c(NC(=O)C(C)(C)C)c(OC)c1[Si](C)(C)C. The topological polar surface area (TPSA) is 47.6 Å². The molecule has 1 N–H and O–H groups in total. The molecule has 4 nitrogen and oxygen atoms in total. The van der Waals surface area contributed by atoms with Crippen LogP contribution < -0.4 is 20.0 Å². The highest BCUT2D eigenvalue weighted by Gasteiger charge is 2.31.